The summed E-state index contributed by atoms with van der Waals surface area (Å²) in [5.74, 6) is 0.938. The van der Waals surface area contributed by atoms with Gasteiger partial charge < -0.3 is 14.6 Å². The van der Waals surface area contributed by atoms with Gasteiger partial charge in [-0.15, -0.1) is 24.0 Å². The van der Waals surface area contributed by atoms with E-state index in [1.165, 1.54) is 0 Å². The highest BCUT2D eigenvalue weighted by atomic mass is 127. The summed E-state index contributed by atoms with van der Waals surface area (Å²) in [5, 5.41) is 3.44. The van der Waals surface area contributed by atoms with Crippen molar-refractivity contribution in [1.82, 2.24) is 19.6 Å². The molecule has 0 atom stereocenters. The molecular formula is C17H25BrIN5. The van der Waals surface area contributed by atoms with E-state index >= 15 is 0 Å². The van der Waals surface area contributed by atoms with Gasteiger partial charge >= 0.3 is 0 Å². The first-order valence-electron chi connectivity index (χ1n) is 7.86. The third-order valence-electron chi connectivity index (χ3n) is 5.24. The van der Waals surface area contributed by atoms with Crippen molar-refractivity contribution >= 4 is 51.5 Å². The van der Waals surface area contributed by atoms with Gasteiger partial charge in [-0.05, 0) is 41.9 Å². The van der Waals surface area contributed by atoms with Crippen molar-refractivity contribution in [2.75, 3.05) is 13.6 Å². The van der Waals surface area contributed by atoms with Crippen LogP contribution in [0, 0.1) is 5.41 Å². The largest absolute Gasteiger partial charge is 0.351 e. The lowest BCUT2D eigenvalue weighted by Crippen LogP contribution is -2.72. The van der Waals surface area contributed by atoms with Crippen LogP contribution in [0.4, 0.5) is 0 Å². The molecule has 1 N–H and O–H groups in total. The summed E-state index contributed by atoms with van der Waals surface area (Å²) in [5.41, 5.74) is 2.34. The number of imidazole rings is 1. The van der Waals surface area contributed by atoms with Crippen molar-refractivity contribution in [3.63, 3.8) is 0 Å². The number of halogens is 2. The quantitative estimate of drug-likeness (QED) is 0.382. The molecule has 24 heavy (non-hydrogen) atoms. The Balaban J connectivity index is 0.00000208. The molecule has 0 bridgehead atoms. The van der Waals surface area contributed by atoms with Crippen molar-refractivity contribution in [1.29, 1.82) is 0 Å². The maximum atomic E-state index is 4.63. The van der Waals surface area contributed by atoms with Crippen LogP contribution in [-0.4, -0.2) is 39.4 Å². The van der Waals surface area contributed by atoms with Gasteiger partial charge in [0.05, 0.1) is 12.2 Å². The maximum Gasteiger partial charge on any atom is 0.194 e. The molecule has 0 amide bonds. The number of hydrogen-bond acceptors (Lipinski definition) is 2. The molecule has 3 heterocycles. The number of pyridine rings is 1. The fourth-order valence-corrected chi connectivity index (χ4v) is 3.32. The van der Waals surface area contributed by atoms with Crippen molar-refractivity contribution in [3.8, 4) is 0 Å². The van der Waals surface area contributed by atoms with Gasteiger partial charge in [-0.2, -0.15) is 0 Å². The second kappa shape index (κ2) is 6.82. The molecule has 2 aromatic heterocycles. The van der Waals surface area contributed by atoms with E-state index in [9.17, 15) is 0 Å². The van der Waals surface area contributed by atoms with Crippen molar-refractivity contribution in [3.05, 3.63) is 34.7 Å². The highest BCUT2D eigenvalue weighted by Crippen LogP contribution is 2.46. The summed E-state index contributed by atoms with van der Waals surface area (Å²) in [7, 11) is 1.84. The lowest BCUT2D eigenvalue weighted by Gasteiger charge is -2.62. The molecule has 7 heteroatoms. The summed E-state index contributed by atoms with van der Waals surface area (Å²) >= 11 is 3.48. The van der Waals surface area contributed by atoms with Gasteiger partial charge in [0.15, 0.2) is 5.96 Å². The molecule has 0 aromatic carbocycles. The molecule has 132 valence electrons. The molecule has 2 aromatic rings. The van der Waals surface area contributed by atoms with Gasteiger partial charge in [-0.25, -0.2) is 4.98 Å². The average molecular weight is 506 g/mol. The highest BCUT2D eigenvalue weighted by molar-refractivity contribution is 14.0. The molecule has 3 rings (SSSR count). The van der Waals surface area contributed by atoms with E-state index in [1.54, 1.807) is 0 Å². The van der Waals surface area contributed by atoms with Gasteiger partial charge in [0, 0.05) is 41.4 Å². The first kappa shape index (κ1) is 19.5. The Labute approximate surface area is 169 Å². The predicted octanol–water partition coefficient (Wildman–Crippen LogP) is 3.91. The Bertz CT molecular complexity index is 765. The lowest BCUT2D eigenvalue weighted by molar-refractivity contribution is -0.0668. The van der Waals surface area contributed by atoms with Crippen molar-refractivity contribution in [2.45, 2.75) is 39.8 Å². The van der Waals surface area contributed by atoms with Gasteiger partial charge in [0.25, 0.3) is 0 Å². The van der Waals surface area contributed by atoms with Crippen LogP contribution in [0.15, 0.2) is 34.0 Å². The number of hydrogen-bond donors (Lipinski definition) is 1. The van der Waals surface area contributed by atoms with E-state index in [0.717, 1.165) is 28.3 Å². The van der Waals surface area contributed by atoms with Gasteiger partial charge in [-0.1, -0.05) is 13.8 Å². The Morgan fingerprint density at radius 3 is 2.58 bits per heavy atom. The monoisotopic (exact) mass is 505 g/mol. The minimum Gasteiger partial charge on any atom is -0.351 e. The van der Waals surface area contributed by atoms with Gasteiger partial charge in [0.2, 0.25) is 0 Å². The Morgan fingerprint density at radius 2 is 2.00 bits per heavy atom. The molecule has 1 fully saturated rings. The number of nitrogens with one attached hydrogen (secondary N) is 1. The number of likely N-dealkylation sites (tertiary alicyclic amines) is 1. The molecule has 1 aliphatic rings. The van der Waals surface area contributed by atoms with Crippen LogP contribution < -0.4 is 5.32 Å². The molecular weight excluding hydrogens is 481 g/mol. The SMILES string of the molecule is CN=C(NCc1cn2cc(Br)ccc2n1)N1CC(C)(C)C1(C)C.I. The van der Waals surface area contributed by atoms with E-state index < -0.39 is 0 Å². The van der Waals surface area contributed by atoms with Crippen LogP contribution in [0.3, 0.4) is 0 Å². The van der Waals surface area contributed by atoms with Crippen LogP contribution in [0.2, 0.25) is 0 Å². The Hall–Kier alpha value is -0.830. The summed E-state index contributed by atoms with van der Waals surface area (Å²) in [4.78, 5) is 11.4. The summed E-state index contributed by atoms with van der Waals surface area (Å²) < 4.78 is 3.07. The summed E-state index contributed by atoms with van der Waals surface area (Å²) in [6.45, 7) is 10.8. The van der Waals surface area contributed by atoms with E-state index in [4.69, 9.17) is 0 Å². The fourth-order valence-electron chi connectivity index (χ4n) is 2.97. The Morgan fingerprint density at radius 1 is 1.29 bits per heavy atom. The van der Waals surface area contributed by atoms with Crippen molar-refractivity contribution < 1.29 is 0 Å². The van der Waals surface area contributed by atoms with Crippen LogP contribution in [0.5, 0.6) is 0 Å². The minimum atomic E-state index is 0. The zero-order chi connectivity index (χ0) is 16.8. The molecule has 0 unspecified atom stereocenters. The van der Waals surface area contributed by atoms with E-state index in [2.05, 4.69) is 63.8 Å². The number of rotatable bonds is 2. The Kier molecular flexibility index (Phi) is 5.54. The van der Waals surface area contributed by atoms with Crippen LogP contribution in [-0.2, 0) is 6.54 Å². The molecule has 0 radical (unpaired) electrons. The van der Waals surface area contributed by atoms with Crippen LogP contribution in [0.25, 0.3) is 5.65 Å². The number of nitrogens with zero attached hydrogens (tertiary/aromatic N) is 4. The third-order valence-corrected chi connectivity index (χ3v) is 5.71. The number of guanidine groups is 1. The standard InChI is InChI=1S/C17H24BrN5.HI/c1-16(2)11-23(17(16,3)4)15(19-5)20-8-13-10-22-9-12(18)6-7-14(22)21-13;/h6-7,9-10H,8,11H2,1-5H3,(H,19,20);1H. The predicted molar refractivity (Wildman–Crippen MR) is 113 cm³/mol. The molecule has 0 aliphatic carbocycles. The zero-order valence-electron chi connectivity index (χ0n) is 14.8. The molecule has 5 nitrogen and oxygen atoms in total. The zero-order valence-corrected chi connectivity index (χ0v) is 18.7. The molecule has 0 spiro atoms. The topological polar surface area (TPSA) is 44.9 Å². The highest BCUT2D eigenvalue weighted by Gasteiger charge is 2.53. The molecule has 1 saturated heterocycles. The summed E-state index contributed by atoms with van der Waals surface area (Å²) in [6.07, 6.45) is 4.06. The number of fused-ring (bicyclic) bond motifs is 1. The third kappa shape index (κ3) is 3.29. The molecule has 1 aliphatic heterocycles. The number of aromatic nitrogens is 2. The summed E-state index contributed by atoms with van der Waals surface area (Å²) in [6, 6.07) is 4.01. The first-order chi connectivity index (χ1) is 10.7. The normalized spacial score (nSPS) is 18.9. The minimum absolute atomic E-state index is 0. The molecule has 0 saturated carbocycles. The van der Waals surface area contributed by atoms with E-state index in [1.807, 2.05) is 36.0 Å². The van der Waals surface area contributed by atoms with Crippen LogP contribution in [0.1, 0.15) is 33.4 Å². The van der Waals surface area contributed by atoms with E-state index in [0.29, 0.717) is 12.0 Å². The maximum absolute atomic E-state index is 4.63. The smallest absolute Gasteiger partial charge is 0.194 e. The second-order valence-corrected chi connectivity index (χ2v) is 8.19. The number of aliphatic imine (C=N–C) groups is 1. The second-order valence-electron chi connectivity index (χ2n) is 7.27. The van der Waals surface area contributed by atoms with Gasteiger partial charge in [-0.3, -0.25) is 4.99 Å². The average Bonchev–Trinajstić information content (AvgIpc) is 2.88. The van der Waals surface area contributed by atoms with Crippen molar-refractivity contribution in [2.24, 2.45) is 10.4 Å². The van der Waals surface area contributed by atoms with Gasteiger partial charge in [0.1, 0.15) is 5.65 Å². The fraction of sp³-hybridized carbons (Fsp3) is 0.529. The lowest BCUT2D eigenvalue weighted by atomic mass is 9.65. The van der Waals surface area contributed by atoms with Crippen LogP contribution >= 0.6 is 39.9 Å². The first-order valence-corrected chi connectivity index (χ1v) is 8.65. The van der Waals surface area contributed by atoms with E-state index in [-0.39, 0.29) is 29.5 Å².